The zero-order valence-corrected chi connectivity index (χ0v) is 10.5. The summed E-state index contributed by atoms with van der Waals surface area (Å²) in [6.45, 7) is 4.41. The first-order valence-corrected chi connectivity index (χ1v) is 6.05. The van der Waals surface area contributed by atoms with Gasteiger partial charge in [0.25, 0.3) is 0 Å². The van der Waals surface area contributed by atoms with Gasteiger partial charge in [-0.05, 0) is 30.7 Å². The van der Waals surface area contributed by atoms with E-state index in [1.807, 2.05) is 19.2 Å². The minimum atomic E-state index is -0.151. The van der Waals surface area contributed by atoms with Crippen molar-refractivity contribution in [2.24, 2.45) is 5.92 Å². The molecule has 2 atom stereocenters. The molecule has 0 aliphatic carbocycles. The molecule has 0 spiro atoms. The van der Waals surface area contributed by atoms with Gasteiger partial charge in [-0.2, -0.15) is 0 Å². The van der Waals surface area contributed by atoms with E-state index >= 15 is 0 Å². The van der Waals surface area contributed by atoms with Gasteiger partial charge in [0.15, 0.2) is 0 Å². The third kappa shape index (κ3) is 2.26. The van der Waals surface area contributed by atoms with Crippen LogP contribution < -0.4 is 11.0 Å². The van der Waals surface area contributed by atoms with Crippen molar-refractivity contribution in [1.29, 1.82) is 0 Å². The molecule has 0 radical (unpaired) electrons. The van der Waals surface area contributed by atoms with E-state index in [0.29, 0.717) is 12.0 Å². The van der Waals surface area contributed by atoms with Gasteiger partial charge in [0, 0.05) is 6.04 Å². The lowest BCUT2D eigenvalue weighted by molar-refractivity contribution is 0.401. The zero-order valence-electron chi connectivity index (χ0n) is 10.5. The van der Waals surface area contributed by atoms with Crippen LogP contribution in [0.1, 0.15) is 31.9 Å². The number of rotatable bonds is 4. The fraction of sp³-hybridized carbons (Fsp3) is 0.462. The quantitative estimate of drug-likeness (QED) is 0.758. The Kier molecular flexibility index (Phi) is 3.33. The van der Waals surface area contributed by atoms with Crippen molar-refractivity contribution in [2.75, 3.05) is 7.05 Å². The molecule has 2 aromatic rings. The third-order valence-electron chi connectivity index (χ3n) is 3.42. The molecule has 4 heteroatoms. The molecule has 0 saturated heterocycles. The number of fused-ring (bicyclic) bond motifs is 1. The van der Waals surface area contributed by atoms with E-state index in [9.17, 15) is 4.79 Å². The van der Waals surface area contributed by atoms with Gasteiger partial charge in [0.1, 0.15) is 0 Å². The number of nitrogens with one attached hydrogen (secondary N) is 3. The van der Waals surface area contributed by atoms with Gasteiger partial charge >= 0.3 is 5.69 Å². The molecule has 0 aliphatic heterocycles. The molecule has 0 fully saturated rings. The van der Waals surface area contributed by atoms with E-state index in [-0.39, 0.29) is 5.69 Å². The maximum Gasteiger partial charge on any atom is 0.323 e. The van der Waals surface area contributed by atoms with Crippen LogP contribution in [0.3, 0.4) is 0 Å². The summed E-state index contributed by atoms with van der Waals surface area (Å²) >= 11 is 0. The Morgan fingerprint density at radius 2 is 2.00 bits per heavy atom. The van der Waals surface area contributed by atoms with Gasteiger partial charge < -0.3 is 15.3 Å². The van der Waals surface area contributed by atoms with E-state index in [4.69, 9.17) is 0 Å². The van der Waals surface area contributed by atoms with Crippen molar-refractivity contribution in [2.45, 2.75) is 26.3 Å². The minimum absolute atomic E-state index is 0.151. The predicted octanol–water partition coefficient (Wildman–Crippen LogP) is 2.16. The summed E-state index contributed by atoms with van der Waals surface area (Å²) in [5.74, 6) is 0.558. The van der Waals surface area contributed by atoms with Crippen LogP contribution in [0.5, 0.6) is 0 Å². The van der Waals surface area contributed by atoms with Crippen molar-refractivity contribution < 1.29 is 0 Å². The number of hydrogen-bond acceptors (Lipinski definition) is 2. The van der Waals surface area contributed by atoms with E-state index in [2.05, 4.69) is 35.2 Å². The number of H-pyrrole nitrogens is 2. The zero-order chi connectivity index (χ0) is 12.4. The van der Waals surface area contributed by atoms with Gasteiger partial charge in [-0.1, -0.05) is 26.3 Å². The van der Waals surface area contributed by atoms with Crippen molar-refractivity contribution in [3.05, 3.63) is 34.2 Å². The van der Waals surface area contributed by atoms with Crippen LogP contribution >= 0.6 is 0 Å². The molecule has 1 aromatic carbocycles. The maximum absolute atomic E-state index is 11.2. The number of imidazole rings is 1. The summed E-state index contributed by atoms with van der Waals surface area (Å²) in [7, 11) is 1.97. The summed E-state index contributed by atoms with van der Waals surface area (Å²) in [6.07, 6.45) is 1.12. The second-order valence-corrected chi connectivity index (χ2v) is 4.54. The SMILES string of the molecule is CCC(C)C(NC)c1ccc2[nH]c(=O)[nH]c2c1. The molecule has 2 rings (SSSR count). The first kappa shape index (κ1) is 11.9. The molecule has 17 heavy (non-hydrogen) atoms. The highest BCUT2D eigenvalue weighted by molar-refractivity contribution is 5.75. The Balaban J connectivity index is 2.43. The lowest BCUT2D eigenvalue weighted by Gasteiger charge is -2.22. The second kappa shape index (κ2) is 4.75. The Labute approximate surface area is 100 Å². The van der Waals surface area contributed by atoms with Crippen LogP contribution in [0, 0.1) is 5.92 Å². The van der Waals surface area contributed by atoms with Crippen LogP contribution in [-0.4, -0.2) is 17.0 Å². The fourth-order valence-electron chi connectivity index (χ4n) is 2.26. The molecule has 0 amide bonds. The predicted molar refractivity (Wildman–Crippen MR) is 70.2 cm³/mol. The minimum Gasteiger partial charge on any atom is -0.313 e. The summed E-state index contributed by atoms with van der Waals surface area (Å²) in [4.78, 5) is 16.8. The normalized spacial score (nSPS) is 15.0. The van der Waals surface area contributed by atoms with Crippen molar-refractivity contribution in [1.82, 2.24) is 15.3 Å². The maximum atomic E-state index is 11.2. The molecular weight excluding hydrogens is 214 g/mol. The average molecular weight is 233 g/mol. The Morgan fingerprint density at radius 3 is 2.65 bits per heavy atom. The Bertz CT molecular complexity index is 555. The summed E-state index contributed by atoms with van der Waals surface area (Å²) in [5, 5.41) is 3.34. The average Bonchev–Trinajstić information content (AvgIpc) is 2.69. The van der Waals surface area contributed by atoms with Crippen LogP contribution in [0.15, 0.2) is 23.0 Å². The van der Waals surface area contributed by atoms with Gasteiger partial charge in [-0.25, -0.2) is 4.79 Å². The van der Waals surface area contributed by atoms with Gasteiger partial charge in [-0.15, -0.1) is 0 Å². The first-order valence-electron chi connectivity index (χ1n) is 6.05. The summed E-state index contributed by atoms with van der Waals surface area (Å²) in [5.41, 5.74) is 2.79. The van der Waals surface area contributed by atoms with E-state index < -0.39 is 0 Å². The Morgan fingerprint density at radius 1 is 1.29 bits per heavy atom. The van der Waals surface area contributed by atoms with Crippen molar-refractivity contribution in [3.8, 4) is 0 Å². The molecule has 0 bridgehead atoms. The Hall–Kier alpha value is -1.55. The first-order chi connectivity index (χ1) is 8.15. The van der Waals surface area contributed by atoms with E-state index in [1.165, 1.54) is 5.56 Å². The lowest BCUT2D eigenvalue weighted by Crippen LogP contribution is -2.22. The lowest BCUT2D eigenvalue weighted by atomic mass is 9.92. The number of hydrogen-bond donors (Lipinski definition) is 3. The highest BCUT2D eigenvalue weighted by Crippen LogP contribution is 2.25. The highest BCUT2D eigenvalue weighted by atomic mass is 16.1. The van der Waals surface area contributed by atoms with Gasteiger partial charge in [-0.3, -0.25) is 0 Å². The molecule has 1 aromatic heterocycles. The van der Waals surface area contributed by atoms with Crippen LogP contribution in [-0.2, 0) is 0 Å². The summed E-state index contributed by atoms with van der Waals surface area (Å²) < 4.78 is 0. The molecule has 92 valence electrons. The number of aromatic amines is 2. The highest BCUT2D eigenvalue weighted by Gasteiger charge is 2.16. The largest absolute Gasteiger partial charge is 0.323 e. The van der Waals surface area contributed by atoms with Crippen LogP contribution in [0.25, 0.3) is 11.0 Å². The third-order valence-corrected chi connectivity index (χ3v) is 3.42. The van der Waals surface area contributed by atoms with Crippen LogP contribution in [0.2, 0.25) is 0 Å². The van der Waals surface area contributed by atoms with E-state index in [1.54, 1.807) is 0 Å². The monoisotopic (exact) mass is 233 g/mol. The smallest absolute Gasteiger partial charge is 0.313 e. The molecule has 0 saturated carbocycles. The second-order valence-electron chi connectivity index (χ2n) is 4.54. The van der Waals surface area contributed by atoms with Gasteiger partial charge in [0.05, 0.1) is 11.0 Å². The molecule has 0 aliphatic rings. The summed E-state index contributed by atoms with van der Waals surface area (Å²) in [6, 6.07) is 6.39. The van der Waals surface area contributed by atoms with E-state index in [0.717, 1.165) is 17.5 Å². The molecule has 4 nitrogen and oxygen atoms in total. The molecule has 3 N–H and O–H groups in total. The van der Waals surface area contributed by atoms with Crippen LogP contribution in [0.4, 0.5) is 0 Å². The molecule has 1 heterocycles. The molecule has 2 unspecified atom stereocenters. The van der Waals surface area contributed by atoms with Crippen molar-refractivity contribution >= 4 is 11.0 Å². The van der Waals surface area contributed by atoms with Crippen molar-refractivity contribution in [3.63, 3.8) is 0 Å². The standard InChI is InChI=1S/C13H19N3O/c1-4-8(2)12(14-3)9-5-6-10-11(7-9)16-13(17)15-10/h5-8,12,14H,4H2,1-3H3,(H2,15,16,17). The topological polar surface area (TPSA) is 60.7 Å². The number of benzene rings is 1. The van der Waals surface area contributed by atoms with Gasteiger partial charge in [0.2, 0.25) is 0 Å². The fourth-order valence-corrected chi connectivity index (χ4v) is 2.26. The number of aromatic nitrogens is 2. The molecular formula is C13H19N3O.